The molecule has 0 bridgehead atoms. The van der Waals surface area contributed by atoms with Crippen molar-refractivity contribution in [2.24, 2.45) is 5.92 Å². The van der Waals surface area contributed by atoms with Crippen LogP contribution >= 0.6 is 8.03 Å². The SMILES string of the molecule is O=C(O)CCC(C(=O)O)C(C(NCc1ccccc1)c1ccccc1)[P+](=O)O. The largest absolute Gasteiger partial charge is 0.511 e. The molecule has 148 valence electrons. The van der Waals surface area contributed by atoms with Crippen LogP contribution in [-0.2, 0) is 20.7 Å². The lowest BCUT2D eigenvalue weighted by molar-refractivity contribution is -0.143. The average molecular weight is 404 g/mol. The molecule has 0 aliphatic carbocycles. The molecule has 0 spiro atoms. The quantitative estimate of drug-likeness (QED) is 0.424. The van der Waals surface area contributed by atoms with Gasteiger partial charge in [-0.2, -0.15) is 4.89 Å². The molecular formula is C20H23NO6P+. The van der Waals surface area contributed by atoms with Crippen LogP contribution in [0.3, 0.4) is 0 Å². The monoisotopic (exact) mass is 404 g/mol. The van der Waals surface area contributed by atoms with Gasteiger partial charge in [0.2, 0.25) is 5.66 Å². The third-order valence-electron chi connectivity index (χ3n) is 4.52. The van der Waals surface area contributed by atoms with E-state index in [0.29, 0.717) is 12.1 Å². The molecule has 0 heterocycles. The Labute approximate surface area is 163 Å². The molecule has 0 fully saturated rings. The Morgan fingerprint density at radius 1 is 0.964 bits per heavy atom. The van der Waals surface area contributed by atoms with Crippen LogP contribution in [0.25, 0.3) is 0 Å². The zero-order valence-electron chi connectivity index (χ0n) is 15.1. The number of aliphatic carboxylic acids is 2. The second-order valence-corrected chi connectivity index (χ2v) is 7.63. The summed E-state index contributed by atoms with van der Waals surface area (Å²) in [6, 6.07) is 17.5. The van der Waals surface area contributed by atoms with Crippen LogP contribution in [0.15, 0.2) is 60.7 Å². The summed E-state index contributed by atoms with van der Waals surface area (Å²) in [5, 5.41) is 21.8. The van der Waals surface area contributed by atoms with E-state index in [9.17, 15) is 24.2 Å². The fourth-order valence-corrected chi connectivity index (χ4v) is 4.27. The van der Waals surface area contributed by atoms with Crippen molar-refractivity contribution in [3.05, 3.63) is 71.8 Å². The van der Waals surface area contributed by atoms with Gasteiger partial charge in [-0.15, -0.1) is 0 Å². The molecule has 0 aliphatic heterocycles. The highest BCUT2D eigenvalue weighted by atomic mass is 31.1. The lowest BCUT2D eigenvalue weighted by Gasteiger charge is -2.25. The highest BCUT2D eigenvalue weighted by Gasteiger charge is 2.48. The van der Waals surface area contributed by atoms with E-state index in [1.54, 1.807) is 30.3 Å². The number of carboxylic acid groups (broad SMARTS) is 2. The zero-order chi connectivity index (χ0) is 20.5. The van der Waals surface area contributed by atoms with Gasteiger partial charge < -0.3 is 15.5 Å². The van der Waals surface area contributed by atoms with E-state index < -0.39 is 44.0 Å². The molecule has 0 saturated heterocycles. The van der Waals surface area contributed by atoms with Gasteiger partial charge >= 0.3 is 20.0 Å². The molecule has 2 aromatic rings. The average Bonchev–Trinajstić information content (AvgIpc) is 2.67. The molecule has 8 heteroatoms. The van der Waals surface area contributed by atoms with Crippen LogP contribution in [0.5, 0.6) is 0 Å². The summed E-state index contributed by atoms with van der Waals surface area (Å²) in [5.41, 5.74) is 0.424. The van der Waals surface area contributed by atoms with Crippen molar-refractivity contribution in [1.29, 1.82) is 0 Å². The van der Waals surface area contributed by atoms with Gasteiger partial charge in [-0.1, -0.05) is 60.7 Å². The summed E-state index contributed by atoms with van der Waals surface area (Å²) < 4.78 is 12.2. The third-order valence-corrected chi connectivity index (χ3v) is 5.69. The summed E-state index contributed by atoms with van der Waals surface area (Å²) in [6.45, 7) is 0.366. The molecule has 4 atom stereocenters. The van der Waals surface area contributed by atoms with Crippen molar-refractivity contribution < 1.29 is 29.3 Å². The zero-order valence-corrected chi connectivity index (χ0v) is 16.0. The minimum Gasteiger partial charge on any atom is -0.481 e. The Morgan fingerprint density at radius 2 is 1.54 bits per heavy atom. The molecule has 0 amide bonds. The first-order valence-corrected chi connectivity index (χ1v) is 10.1. The van der Waals surface area contributed by atoms with E-state index in [-0.39, 0.29) is 6.42 Å². The molecule has 2 aromatic carbocycles. The van der Waals surface area contributed by atoms with Gasteiger partial charge in [-0.3, -0.25) is 9.59 Å². The van der Waals surface area contributed by atoms with Gasteiger partial charge in [0.05, 0.1) is 6.04 Å². The molecule has 0 radical (unpaired) electrons. The molecule has 28 heavy (non-hydrogen) atoms. The highest BCUT2D eigenvalue weighted by molar-refractivity contribution is 7.39. The number of hydrogen-bond acceptors (Lipinski definition) is 4. The standard InChI is InChI=1S/C20H22NO6P/c22-17(23)12-11-16(20(24)25)19(28(26)27)18(15-9-5-2-6-10-15)21-13-14-7-3-1-4-8-14/h1-10,16,18-19,21H,11-13H2,(H2-,22,23,24,25,26,27)/p+1. The Hall–Kier alpha value is -2.60. The Kier molecular flexibility index (Phi) is 8.26. The van der Waals surface area contributed by atoms with Gasteiger partial charge in [-0.05, 0) is 22.1 Å². The second-order valence-electron chi connectivity index (χ2n) is 6.43. The number of rotatable bonds is 11. The molecule has 0 aliphatic rings. The van der Waals surface area contributed by atoms with E-state index in [0.717, 1.165) is 5.56 Å². The fourth-order valence-electron chi connectivity index (χ4n) is 3.15. The maximum Gasteiger partial charge on any atom is 0.511 e. The lowest BCUT2D eigenvalue weighted by Crippen LogP contribution is -2.38. The summed E-state index contributed by atoms with van der Waals surface area (Å²) >= 11 is 0. The summed E-state index contributed by atoms with van der Waals surface area (Å²) in [5.74, 6) is -3.71. The van der Waals surface area contributed by atoms with E-state index in [2.05, 4.69) is 5.32 Å². The predicted octanol–water partition coefficient (Wildman–Crippen LogP) is 3.19. The first-order valence-electron chi connectivity index (χ1n) is 8.82. The summed E-state index contributed by atoms with van der Waals surface area (Å²) in [4.78, 5) is 32.7. The van der Waals surface area contributed by atoms with Gasteiger partial charge in [-0.25, -0.2) is 0 Å². The number of carboxylic acids is 2. The Bertz CT molecular complexity index is 799. The van der Waals surface area contributed by atoms with Crippen molar-refractivity contribution in [3.8, 4) is 0 Å². The Balaban J connectivity index is 2.36. The van der Waals surface area contributed by atoms with Crippen LogP contribution in [0.1, 0.15) is 30.0 Å². The minimum atomic E-state index is -2.90. The molecule has 0 aromatic heterocycles. The van der Waals surface area contributed by atoms with E-state index in [1.165, 1.54) is 0 Å². The van der Waals surface area contributed by atoms with Crippen molar-refractivity contribution in [2.45, 2.75) is 31.1 Å². The smallest absolute Gasteiger partial charge is 0.481 e. The van der Waals surface area contributed by atoms with Crippen molar-refractivity contribution >= 4 is 20.0 Å². The Morgan fingerprint density at radius 3 is 2.04 bits per heavy atom. The normalized spacial score (nSPS) is 14.7. The predicted molar refractivity (Wildman–Crippen MR) is 104 cm³/mol. The van der Waals surface area contributed by atoms with Gasteiger partial charge in [0.25, 0.3) is 0 Å². The number of benzene rings is 2. The van der Waals surface area contributed by atoms with Crippen molar-refractivity contribution in [3.63, 3.8) is 0 Å². The topological polar surface area (TPSA) is 124 Å². The van der Waals surface area contributed by atoms with E-state index in [4.69, 9.17) is 5.11 Å². The molecule has 4 unspecified atom stereocenters. The number of carbonyl (C=O) groups is 2. The fraction of sp³-hybridized carbons (Fsp3) is 0.300. The first kappa shape index (κ1) is 21.7. The number of nitrogens with one attached hydrogen (secondary N) is 1. The molecule has 7 nitrogen and oxygen atoms in total. The van der Waals surface area contributed by atoms with E-state index >= 15 is 0 Å². The van der Waals surface area contributed by atoms with Crippen LogP contribution < -0.4 is 5.32 Å². The highest BCUT2D eigenvalue weighted by Crippen LogP contribution is 2.41. The minimum absolute atomic E-state index is 0.229. The van der Waals surface area contributed by atoms with Crippen molar-refractivity contribution in [1.82, 2.24) is 5.32 Å². The van der Waals surface area contributed by atoms with Gasteiger partial charge in [0, 0.05) is 13.0 Å². The molecule has 4 N–H and O–H groups in total. The van der Waals surface area contributed by atoms with Crippen LogP contribution in [0.2, 0.25) is 0 Å². The third kappa shape index (κ3) is 6.23. The molecule has 2 rings (SSSR count). The molecule has 0 saturated carbocycles. The lowest BCUT2D eigenvalue weighted by atomic mass is 9.90. The molecular weight excluding hydrogens is 381 g/mol. The maximum atomic E-state index is 12.2. The van der Waals surface area contributed by atoms with Crippen LogP contribution in [0.4, 0.5) is 0 Å². The van der Waals surface area contributed by atoms with Crippen molar-refractivity contribution in [2.75, 3.05) is 0 Å². The first-order chi connectivity index (χ1) is 13.4. The summed E-state index contributed by atoms with van der Waals surface area (Å²) in [7, 11) is -2.90. The second kappa shape index (κ2) is 10.7. The maximum absolute atomic E-state index is 12.2. The van der Waals surface area contributed by atoms with Crippen LogP contribution in [0, 0.1) is 5.92 Å². The number of hydrogen-bond donors (Lipinski definition) is 4. The summed E-state index contributed by atoms with van der Waals surface area (Å²) in [6.07, 6.45) is -0.621. The van der Waals surface area contributed by atoms with Gasteiger partial charge in [0.15, 0.2) is 0 Å². The van der Waals surface area contributed by atoms with Gasteiger partial charge in [0.1, 0.15) is 5.92 Å². The van der Waals surface area contributed by atoms with E-state index in [1.807, 2.05) is 30.3 Å². The van der Waals surface area contributed by atoms with Crippen LogP contribution in [-0.4, -0.2) is 32.7 Å².